The Hall–Kier alpha value is -2.63. The molecule has 0 radical (unpaired) electrons. The van der Waals surface area contributed by atoms with Crippen LogP contribution in [0.2, 0.25) is 0 Å². The molecule has 1 aromatic carbocycles. The SMILES string of the molecule is Nc1ccc(NC(=O)CCCn2cccnc2=O)cc1. The number of nitrogens with one attached hydrogen (secondary N) is 1. The summed E-state index contributed by atoms with van der Waals surface area (Å²) in [5.41, 5.74) is 6.63. The third-order valence-electron chi connectivity index (χ3n) is 2.78. The van der Waals surface area contributed by atoms with Gasteiger partial charge in [-0.05, 0) is 36.8 Å². The Kier molecular flexibility index (Phi) is 4.49. The van der Waals surface area contributed by atoms with E-state index in [4.69, 9.17) is 5.73 Å². The maximum atomic E-state index is 11.7. The lowest BCUT2D eigenvalue weighted by Gasteiger charge is -2.06. The number of anilines is 2. The van der Waals surface area contributed by atoms with Crippen molar-refractivity contribution in [2.24, 2.45) is 0 Å². The second-order valence-electron chi connectivity index (χ2n) is 4.37. The van der Waals surface area contributed by atoms with Crippen LogP contribution >= 0.6 is 0 Å². The topological polar surface area (TPSA) is 90.0 Å². The zero-order valence-electron chi connectivity index (χ0n) is 11.0. The minimum absolute atomic E-state index is 0.0910. The van der Waals surface area contributed by atoms with Gasteiger partial charge >= 0.3 is 5.69 Å². The molecule has 6 nitrogen and oxygen atoms in total. The molecule has 1 heterocycles. The highest BCUT2D eigenvalue weighted by Gasteiger charge is 2.03. The van der Waals surface area contributed by atoms with Crippen molar-refractivity contribution < 1.29 is 4.79 Å². The Morgan fingerprint density at radius 2 is 2.05 bits per heavy atom. The number of carbonyl (C=O) groups is 1. The van der Waals surface area contributed by atoms with E-state index in [2.05, 4.69) is 10.3 Å². The van der Waals surface area contributed by atoms with Gasteiger partial charge in [0.15, 0.2) is 0 Å². The maximum Gasteiger partial charge on any atom is 0.347 e. The fourth-order valence-corrected chi connectivity index (χ4v) is 1.76. The largest absolute Gasteiger partial charge is 0.399 e. The van der Waals surface area contributed by atoms with Gasteiger partial charge in [0, 0.05) is 36.7 Å². The number of amides is 1. The van der Waals surface area contributed by atoms with Crippen LogP contribution in [0.5, 0.6) is 0 Å². The Balaban J connectivity index is 1.80. The highest BCUT2D eigenvalue weighted by molar-refractivity contribution is 5.90. The summed E-state index contributed by atoms with van der Waals surface area (Å²) in [5.74, 6) is -0.0910. The normalized spacial score (nSPS) is 10.2. The third-order valence-corrected chi connectivity index (χ3v) is 2.78. The highest BCUT2D eigenvalue weighted by atomic mass is 16.2. The first-order chi connectivity index (χ1) is 9.65. The molecule has 0 aliphatic rings. The van der Waals surface area contributed by atoms with Gasteiger partial charge in [-0.1, -0.05) is 0 Å². The van der Waals surface area contributed by atoms with Crippen LogP contribution in [0.25, 0.3) is 0 Å². The monoisotopic (exact) mass is 272 g/mol. The number of hydrogen-bond acceptors (Lipinski definition) is 4. The van der Waals surface area contributed by atoms with E-state index in [0.29, 0.717) is 30.8 Å². The van der Waals surface area contributed by atoms with Gasteiger partial charge in [-0.3, -0.25) is 9.36 Å². The minimum Gasteiger partial charge on any atom is -0.399 e. The van der Waals surface area contributed by atoms with E-state index in [0.717, 1.165) is 0 Å². The molecule has 1 aromatic heterocycles. The molecule has 0 bridgehead atoms. The first-order valence-corrected chi connectivity index (χ1v) is 6.32. The van der Waals surface area contributed by atoms with Crippen molar-refractivity contribution >= 4 is 17.3 Å². The summed E-state index contributed by atoms with van der Waals surface area (Å²) in [6.45, 7) is 0.474. The molecule has 0 saturated heterocycles. The number of nitrogens with zero attached hydrogens (tertiary/aromatic N) is 2. The first kappa shape index (κ1) is 13.8. The molecular weight excluding hydrogens is 256 g/mol. The summed E-state index contributed by atoms with van der Waals surface area (Å²) in [4.78, 5) is 26.7. The Morgan fingerprint density at radius 1 is 1.30 bits per heavy atom. The zero-order chi connectivity index (χ0) is 14.4. The first-order valence-electron chi connectivity index (χ1n) is 6.32. The molecule has 0 atom stereocenters. The number of nitrogens with two attached hydrogens (primary N) is 1. The number of carbonyl (C=O) groups excluding carboxylic acids is 1. The lowest BCUT2D eigenvalue weighted by Crippen LogP contribution is -2.22. The molecule has 2 aromatic rings. The van der Waals surface area contributed by atoms with Crippen LogP contribution in [-0.4, -0.2) is 15.5 Å². The summed E-state index contributed by atoms with van der Waals surface area (Å²) < 4.78 is 1.48. The Bertz CT molecular complexity index is 634. The predicted octanol–water partition coefficient (Wildman–Crippen LogP) is 1.24. The van der Waals surface area contributed by atoms with Crippen LogP contribution in [-0.2, 0) is 11.3 Å². The number of aromatic nitrogens is 2. The maximum absolute atomic E-state index is 11.7. The Morgan fingerprint density at radius 3 is 2.75 bits per heavy atom. The molecule has 3 N–H and O–H groups in total. The molecule has 0 spiro atoms. The lowest BCUT2D eigenvalue weighted by molar-refractivity contribution is -0.116. The molecular formula is C14H16N4O2. The average Bonchev–Trinajstić information content (AvgIpc) is 2.43. The van der Waals surface area contributed by atoms with Gasteiger partial charge in [0.25, 0.3) is 0 Å². The molecule has 6 heteroatoms. The highest BCUT2D eigenvalue weighted by Crippen LogP contribution is 2.11. The summed E-state index contributed by atoms with van der Waals surface area (Å²) >= 11 is 0. The molecule has 0 aliphatic carbocycles. The fraction of sp³-hybridized carbons (Fsp3) is 0.214. The third kappa shape index (κ3) is 3.94. The molecule has 2 rings (SSSR count). The van der Waals surface area contributed by atoms with Crippen LogP contribution in [0, 0.1) is 0 Å². The molecule has 0 aliphatic heterocycles. The van der Waals surface area contributed by atoms with Crippen LogP contribution in [0.1, 0.15) is 12.8 Å². The van der Waals surface area contributed by atoms with Crippen molar-refractivity contribution in [2.75, 3.05) is 11.1 Å². The number of rotatable bonds is 5. The summed E-state index contributed by atoms with van der Waals surface area (Å²) in [6.07, 6.45) is 4.03. The summed E-state index contributed by atoms with van der Waals surface area (Å²) in [6, 6.07) is 8.64. The van der Waals surface area contributed by atoms with E-state index in [1.165, 1.54) is 10.8 Å². The van der Waals surface area contributed by atoms with Crippen LogP contribution < -0.4 is 16.7 Å². The molecule has 20 heavy (non-hydrogen) atoms. The number of aryl methyl sites for hydroxylation is 1. The minimum atomic E-state index is -0.300. The van der Waals surface area contributed by atoms with Gasteiger partial charge < -0.3 is 11.1 Å². The molecule has 104 valence electrons. The van der Waals surface area contributed by atoms with Crippen molar-refractivity contribution in [3.05, 3.63) is 53.2 Å². The molecule has 0 unspecified atom stereocenters. The fourth-order valence-electron chi connectivity index (χ4n) is 1.76. The van der Waals surface area contributed by atoms with Crippen LogP contribution in [0.4, 0.5) is 11.4 Å². The van der Waals surface area contributed by atoms with E-state index in [9.17, 15) is 9.59 Å². The van der Waals surface area contributed by atoms with Crippen molar-refractivity contribution in [1.82, 2.24) is 9.55 Å². The molecule has 1 amide bonds. The van der Waals surface area contributed by atoms with Gasteiger partial charge in [0.2, 0.25) is 5.91 Å². The summed E-state index contributed by atoms with van der Waals surface area (Å²) in [5, 5.41) is 2.77. The molecule has 0 fully saturated rings. The van der Waals surface area contributed by atoms with Gasteiger partial charge in [0.05, 0.1) is 0 Å². The number of nitrogen functional groups attached to an aromatic ring is 1. The molecule has 0 saturated carbocycles. The number of benzene rings is 1. The Labute approximate surface area is 116 Å². The van der Waals surface area contributed by atoms with E-state index in [-0.39, 0.29) is 11.6 Å². The van der Waals surface area contributed by atoms with E-state index in [1.807, 2.05) is 0 Å². The summed E-state index contributed by atoms with van der Waals surface area (Å²) in [7, 11) is 0. The van der Waals surface area contributed by atoms with Gasteiger partial charge in [-0.15, -0.1) is 0 Å². The standard InChI is InChI=1S/C14H16N4O2/c15-11-4-6-12(7-5-11)17-13(19)3-1-9-18-10-2-8-16-14(18)20/h2,4-8,10H,1,3,9,15H2,(H,17,19). The van der Waals surface area contributed by atoms with E-state index in [1.54, 1.807) is 36.5 Å². The quantitative estimate of drug-likeness (QED) is 0.801. The second kappa shape index (κ2) is 6.51. The smallest absolute Gasteiger partial charge is 0.347 e. The average molecular weight is 272 g/mol. The van der Waals surface area contributed by atoms with Crippen molar-refractivity contribution in [2.45, 2.75) is 19.4 Å². The van der Waals surface area contributed by atoms with Gasteiger partial charge in [0.1, 0.15) is 0 Å². The van der Waals surface area contributed by atoms with Gasteiger partial charge in [-0.2, -0.15) is 0 Å². The van der Waals surface area contributed by atoms with Gasteiger partial charge in [-0.25, -0.2) is 9.78 Å². The zero-order valence-corrected chi connectivity index (χ0v) is 11.0. The van der Waals surface area contributed by atoms with Crippen molar-refractivity contribution in [3.8, 4) is 0 Å². The predicted molar refractivity (Wildman–Crippen MR) is 77.2 cm³/mol. The van der Waals surface area contributed by atoms with Crippen molar-refractivity contribution in [1.29, 1.82) is 0 Å². The number of hydrogen-bond donors (Lipinski definition) is 2. The van der Waals surface area contributed by atoms with Crippen LogP contribution in [0.3, 0.4) is 0 Å². The second-order valence-corrected chi connectivity index (χ2v) is 4.37. The van der Waals surface area contributed by atoms with Crippen LogP contribution in [0.15, 0.2) is 47.5 Å². The van der Waals surface area contributed by atoms with E-state index < -0.39 is 0 Å². The lowest BCUT2D eigenvalue weighted by atomic mass is 10.2. The van der Waals surface area contributed by atoms with Crippen molar-refractivity contribution in [3.63, 3.8) is 0 Å². The van der Waals surface area contributed by atoms with E-state index >= 15 is 0 Å².